The zero-order valence-corrected chi connectivity index (χ0v) is 11.3. The molecule has 2 heterocycles. The van der Waals surface area contributed by atoms with Crippen LogP contribution in [0, 0.1) is 13.8 Å². The monoisotopic (exact) mass is 270 g/mol. The molecule has 1 aliphatic heterocycles. The van der Waals surface area contributed by atoms with Crippen LogP contribution >= 0.6 is 0 Å². The van der Waals surface area contributed by atoms with E-state index in [9.17, 15) is 15.3 Å². The molecule has 5 N–H and O–H groups in total. The molecule has 7 heteroatoms. The lowest BCUT2D eigenvalue weighted by atomic mass is 10.3. The first kappa shape index (κ1) is 14.3. The third-order valence-electron chi connectivity index (χ3n) is 3.62. The van der Waals surface area contributed by atoms with Crippen LogP contribution in [0.25, 0.3) is 0 Å². The number of β-amino-alcohol motifs (C(OH)–C–C–N with tert-alkyl or cyclic N) is 3. The van der Waals surface area contributed by atoms with Gasteiger partial charge in [-0.3, -0.25) is 9.58 Å². The normalized spacial score (nSPS) is 25.9. The minimum Gasteiger partial charge on any atom is -0.396 e. The molecule has 0 aliphatic carbocycles. The highest BCUT2D eigenvalue weighted by Gasteiger charge is 2.30. The number of rotatable bonds is 4. The van der Waals surface area contributed by atoms with Crippen LogP contribution in [0.1, 0.15) is 11.4 Å². The van der Waals surface area contributed by atoms with Gasteiger partial charge in [0, 0.05) is 19.6 Å². The Balaban J connectivity index is 1.91. The van der Waals surface area contributed by atoms with E-state index in [-0.39, 0.29) is 0 Å². The summed E-state index contributed by atoms with van der Waals surface area (Å²) in [5.41, 5.74) is 8.10. The van der Waals surface area contributed by atoms with E-state index in [4.69, 9.17) is 5.73 Å². The van der Waals surface area contributed by atoms with Crippen LogP contribution in [0.5, 0.6) is 0 Å². The van der Waals surface area contributed by atoms with Gasteiger partial charge in [0.05, 0.1) is 41.9 Å². The first-order chi connectivity index (χ1) is 8.88. The highest BCUT2D eigenvalue weighted by Crippen LogP contribution is 2.16. The lowest BCUT2D eigenvalue weighted by Gasteiger charge is -2.19. The van der Waals surface area contributed by atoms with E-state index < -0.39 is 18.3 Å². The van der Waals surface area contributed by atoms with Crippen LogP contribution in [0.4, 0.5) is 5.69 Å². The Morgan fingerprint density at radius 3 is 2.32 bits per heavy atom. The summed E-state index contributed by atoms with van der Waals surface area (Å²) < 4.78 is 1.69. The van der Waals surface area contributed by atoms with Gasteiger partial charge < -0.3 is 21.1 Å². The molecule has 19 heavy (non-hydrogen) atoms. The average molecular weight is 270 g/mol. The minimum absolute atomic E-state index is 0.354. The number of anilines is 1. The summed E-state index contributed by atoms with van der Waals surface area (Å²) in [7, 11) is 0. The van der Waals surface area contributed by atoms with Crippen LogP contribution in [0.3, 0.4) is 0 Å². The highest BCUT2D eigenvalue weighted by atomic mass is 16.3. The maximum absolute atomic E-state index is 10.1. The Hall–Kier alpha value is -1.15. The number of nitrogens with zero attached hydrogens (tertiary/aromatic N) is 3. The summed E-state index contributed by atoms with van der Waals surface area (Å²) in [5, 5.41) is 33.2. The molecule has 0 aromatic carbocycles. The van der Waals surface area contributed by atoms with Crippen molar-refractivity contribution in [1.82, 2.24) is 14.7 Å². The number of nitrogens with two attached hydrogens (primary N) is 1. The van der Waals surface area contributed by atoms with E-state index >= 15 is 0 Å². The van der Waals surface area contributed by atoms with E-state index in [0.29, 0.717) is 31.9 Å². The number of aryl methyl sites for hydroxylation is 1. The predicted octanol–water partition coefficient (Wildman–Crippen LogP) is -1.52. The molecule has 0 amide bonds. The average Bonchev–Trinajstić information content (AvgIpc) is 2.75. The molecule has 1 aliphatic rings. The van der Waals surface area contributed by atoms with E-state index in [0.717, 1.165) is 11.4 Å². The first-order valence-electron chi connectivity index (χ1n) is 6.44. The second-order valence-corrected chi connectivity index (χ2v) is 5.27. The molecule has 0 bridgehead atoms. The molecule has 2 rings (SSSR count). The molecule has 1 aromatic heterocycles. The number of aliphatic hydroxyl groups is 3. The summed E-state index contributed by atoms with van der Waals surface area (Å²) in [6.45, 7) is 5.22. The van der Waals surface area contributed by atoms with Crippen molar-refractivity contribution in [3.05, 3.63) is 11.4 Å². The van der Waals surface area contributed by atoms with Crippen LogP contribution in [-0.4, -0.2) is 67.9 Å². The topological polar surface area (TPSA) is 108 Å². The molecule has 0 radical (unpaired) electrons. The molecule has 0 spiro atoms. The number of hydrogen-bond acceptors (Lipinski definition) is 6. The van der Waals surface area contributed by atoms with Crippen molar-refractivity contribution in [1.29, 1.82) is 0 Å². The van der Waals surface area contributed by atoms with Crippen LogP contribution in [0.2, 0.25) is 0 Å². The lowest BCUT2D eigenvalue weighted by molar-refractivity contribution is 0.0572. The SMILES string of the molecule is Cc1nn(CC(O)CN2CC(O)C(O)C2)c(C)c1N. The summed E-state index contributed by atoms with van der Waals surface area (Å²) in [6, 6.07) is 0. The molecule has 3 unspecified atom stereocenters. The third-order valence-corrected chi connectivity index (χ3v) is 3.62. The van der Waals surface area contributed by atoms with E-state index in [2.05, 4.69) is 5.10 Å². The maximum Gasteiger partial charge on any atom is 0.0938 e. The molecule has 0 saturated carbocycles. The maximum atomic E-state index is 10.1. The molecule has 1 aromatic rings. The van der Waals surface area contributed by atoms with E-state index in [1.807, 2.05) is 18.7 Å². The van der Waals surface area contributed by atoms with Crippen molar-refractivity contribution in [3.63, 3.8) is 0 Å². The van der Waals surface area contributed by atoms with Crippen molar-refractivity contribution in [2.45, 2.75) is 38.7 Å². The van der Waals surface area contributed by atoms with E-state index in [1.165, 1.54) is 0 Å². The predicted molar refractivity (Wildman–Crippen MR) is 70.6 cm³/mol. The number of likely N-dealkylation sites (tertiary alicyclic amines) is 1. The number of aliphatic hydroxyl groups excluding tert-OH is 3. The largest absolute Gasteiger partial charge is 0.396 e. The minimum atomic E-state index is -0.725. The van der Waals surface area contributed by atoms with Gasteiger partial charge in [0.1, 0.15) is 0 Å². The van der Waals surface area contributed by atoms with E-state index in [1.54, 1.807) is 4.68 Å². The fourth-order valence-electron chi connectivity index (χ4n) is 2.44. The fourth-order valence-corrected chi connectivity index (χ4v) is 2.44. The molecule has 1 fully saturated rings. The van der Waals surface area contributed by atoms with Gasteiger partial charge in [-0.1, -0.05) is 0 Å². The van der Waals surface area contributed by atoms with Crippen molar-refractivity contribution in [2.75, 3.05) is 25.4 Å². The molecular formula is C12H22N4O3. The van der Waals surface area contributed by atoms with Gasteiger partial charge >= 0.3 is 0 Å². The summed E-state index contributed by atoms with van der Waals surface area (Å²) in [4.78, 5) is 1.84. The molecule has 3 atom stereocenters. The Morgan fingerprint density at radius 2 is 1.84 bits per heavy atom. The second kappa shape index (κ2) is 5.46. The third kappa shape index (κ3) is 3.06. The number of aromatic nitrogens is 2. The van der Waals surface area contributed by atoms with Gasteiger partial charge in [-0.05, 0) is 13.8 Å². The van der Waals surface area contributed by atoms with Crippen LogP contribution in [0.15, 0.2) is 0 Å². The lowest BCUT2D eigenvalue weighted by Crippen LogP contribution is -2.34. The highest BCUT2D eigenvalue weighted by molar-refractivity contribution is 5.46. The Labute approximate surface area is 112 Å². The van der Waals surface area contributed by atoms with Gasteiger partial charge in [0.15, 0.2) is 0 Å². The number of nitrogen functional groups attached to an aromatic ring is 1. The van der Waals surface area contributed by atoms with Gasteiger partial charge in [0.25, 0.3) is 0 Å². The Kier molecular flexibility index (Phi) is 4.10. The van der Waals surface area contributed by atoms with Gasteiger partial charge in [-0.2, -0.15) is 5.10 Å². The van der Waals surface area contributed by atoms with Crippen molar-refractivity contribution >= 4 is 5.69 Å². The van der Waals surface area contributed by atoms with Gasteiger partial charge in [0.2, 0.25) is 0 Å². The smallest absolute Gasteiger partial charge is 0.0938 e. The molecule has 7 nitrogen and oxygen atoms in total. The summed E-state index contributed by atoms with van der Waals surface area (Å²) >= 11 is 0. The summed E-state index contributed by atoms with van der Waals surface area (Å²) in [6.07, 6.45) is -2.07. The quantitative estimate of drug-likeness (QED) is 0.529. The van der Waals surface area contributed by atoms with Gasteiger partial charge in [-0.25, -0.2) is 0 Å². The molecular weight excluding hydrogens is 248 g/mol. The zero-order chi connectivity index (χ0) is 14.2. The zero-order valence-electron chi connectivity index (χ0n) is 11.3. The molecule has 108 valence electrons. The Bertz CT molecular complexity index is 438. The summed E-state index contributed by atoms with van der Waals surface area (Å²) in [5.74, 6) is 0. The Morgan fingerprint density at radius 1 is 1.26 bits per heavy atom. The standard InChI is InChI=1S/C12H22N4O3/c1-7-12(13)8(2)16(14-7)4-9(17)3-15-5-10(18)11(19)6-15/h9-11,17-19H,3-6,13H2,1-2H3. The van der Waals surface area contributed by atoms with Crippen molar-refractivity contribution < 1.29 is 15.3 Å². The van der Waals surface area contributed by atoms with Crippen molar-refractivity contribution in [2.24, 2.45) is 0 Å². The molecule has 1 saturated heterocycles. The van der Waals surface area contributed by atoms with Crippen LogP contribution < -0.4 is 5.73 Å². The van der Waals surface area contributed by atoms with Gasteiger partial charge in [-0.15, -0.1) is 0 Å². The first-order valence-corrected chi connectivity index (χ1v) is 6.44. The number of hydrogen-bond donors (Lipinski definition) is 4. The fraction of sp³-hybridized carbons (Fsp3) is 0.750. The second-order valence-electron chi connectivity index (χ2n) is 5.27. The van der Waals surface area contributed by atoms with Crippen LogP contribution in [-0.2, 0) is 6.54 Å². The van der Waals surface area contributed by atoms with Crippen molar-refractivity contribution in [3.8, 4) is 0 Å².